The summed E-state index contributed by atoms with van der Waals surface area (Å²) in [6.45, 7) is 0.114. The zero-order valence-corrected chi connectivity index (χ0v) is 10.1. The molecule has 0 unspecified atom stereocenters. The van der Waals surface area contributed by atoms with Crippen LogP contribution in [0.5, 0.6) is 0 Å². The second-order valence-electron chi connectivity index (χ2n) is 3.61. The van der Waals surface area contributed by atoms with Gasteiger partial charge >= 0.3 is 0 Å². The van der Waals surface area contributed by atoms with Gasteiger partial charge in [0.05, 0.1) is 5.75 Å². The van der Waals surface area contributed by atoms with Crippen molar-refractivity contribution in [3.8, 4) is 0 Å². The molecule has 0 aliphatic rings. The summed E-state index contributed by atoms with van der Waals surface area (Å²) in [7, 11) is -3.40. The molecule has 0 heterocycles. The zero-order valence-electron chi connectivity index (χ0n) is 9.26. The molecule has 1 N–H and O–H groups in total. The van der Waals surface area contributed by atoms with Crippen LogP contribution in [0.2, 0.25) is 0 Å². The Balaban J connectivity index is 2.39. The Morgan fingerprint density at radius 3 is 2.47 bits per heavy atom. The van der Waals surface area contributed by atoms with Gasteiger partial charge in [0.2, 0.25) is 10.0 Å². The second-order valence-corrected chi connectivity index (χ2v) is 5.42. The molecule has 5 nitrogen and oxygen atoms in total. The van der Waals surface area contributed by atoms with Gasteiger partial charge in [0.1, 0.15) is 0 Å². The molecule has 0 aromatic heterocycles. The summed E-state index contributed by atoms with van der Waals surface area (Å²) in [5, 5.41) is 10.1. The zero-order chi connectivity index (χ0) is 12.7. The fourth-order valence-corrected chi connectivity index (χ4v) is 2.49. The van der Waals surface area contributed by atoms with Gasteiger partial charge in [-0.1, -0.05) is 30.3 Å². The third-order valence-corrected chi connectivity index (χ3v) is 3.44. The third kappa shape index (κ3) is 6.03. The molecule has 0 radical (unpaired) electrons. The molecule has 0 aliphatic carbocycles. The fourth-order valence-electron chi connectivity index (χ4n) is 1.31. The van der Waals surface area contributed by atoms with Crippen LogP contribution in [0, 0.1) is 0 Å². The Hall–Kier alpha value is -1.40. The lowest BCUT2D eigenvalue weighted by Crippen LogP contribution is -2.28. The monoisotopic (exact) mass is 256 g/mol. The van der Waals surface area contributed by atoms with Crippen molar-refractivity contribution in [3.05, 3.63) is 35.9 Å². The van der Waals surface area contributed by atoms with E-state index in [4.69, 9.17) is 0 Å². The van der Waals surface area contributed by atoms with Crippen LogP contribution in [0.15, 0.2) is 30.3 Å². The van der Waals surface area contributed by atoms with Crippen molar-refractivity contribution < 1.29 is 18.3 Å². The predicted molar refractivity (Wildman–Crippen MR) is 61.3 cm³/mol. The second kappa shape index (κ2) is 6.36. The maximum atomic E-state index is 11.6. The predicted octanol–water partition coefficient (Wildman–Crippen LogP) is -0.364. The van der Waals surface area contributed by atoms with Crippen molar-refractivity contribution in [3.63, 3.8) is 0 Å². The van der Waals surface area contributed by atoms with Gasteiger partial charge in [0.25, 0.3) is 0 Å². The van der Waals surface area contributed by atoms with Gasteiger partial charge in [-0.2, -0.15) is 0 Å². The van der Waals surface area contributed by atoms with Crippen molar-refractivity contribution in [1.82, 2.24) is 4.72 Å². The summed E-state index contributed by atoms with van der Waals surface area (Å²) in [5.74, 6) is -1.27. The smallest absolute Gasteiger partial charge is 0.215 e. The molecule has 1 aromatic carbocycles. The molecule has 0 aliphatic heterocycles. The van der Waals surface area contributed by atoms with E-state index in [1.54, 1.807) is 24.3 Å². The van der Waals surface area contributed by atoms with E-state index in [0.717, 1.165) is 0 Å². The lowest BCUT2D eigenvalue weighted by molar-refractivity contribution is -0.305. The van der Waals surface area contributed by atoms with Crippen LogP contribution in [-0.4, -0.2) is 20.9 Å². The highest BCUT2D eigenvalue weighted by Crippen LogP contribution is 2.03. The number of carboxylic acid groups (broad SMARTS) is 1. The molecule has 0 atom stereocenters. The Labute approximate surface area is 101 Å². The Morgan fingerprint density at radius 1 is 1.24 bits per heavy atom. The number of aliphatic carboxylic acids is 1. The third-order valence-electron chi connectivity index (χ3n) is 2.08. The standard InChI is InChI=1S/C11H15NO4S/c13-11(14)7-4-8-12-17(15,16)9-10-5-2-1-3-6-10/h1-3,5-6,12H,4,7-9H2,(H,13,14)/p-1. The minimum Gasteiger partial charge on any atom is -0.550 e. The highest BCUT2D eigenvalue weighted by atomic mass is 32.2. The first-order valence-electron chi connectivity index (χ1n) is 5.21. The highest BCUT2D eigenvalue weighted by molar-refractivity contribution is 7.88. The van der Waals surface area contributed by atoms with Gasteiger partial charge in [-0.25, -0.2) is 13.1 Å². The summed E-state index contributed by atoms with van der Waals surface area (Å²) in [6.07, 6.45) is 0.0875. The number of nitrogens with one attached hydrogen (secondary N) is 1. The SMILES string of the molecule is O=C([O-])CCCNS(=O)(=O)Cc1ccccc1. The topological polar surface area (TPSA) is 86.3 Å². The maximum Gasteiger partial charge on any atom is 0.215 e. The summed E-state index contributed by atoms with van der Waals surface area (Å²) in [6, 6.07) is 8.78. The van der Waals surface area contributed by atoms with Crippen molar-refractivity contribution in [2.45, 2.75) is 18.6 Å². The minimum absolute atomic E-state index is 0.0981. The largest absolute Gasteiger partial charge is 0.550 e. The Kier molecular flexibility index (Phi) is 5.11. The quantitative estimate of drug-likeness (QED) is 0.675. The number of hydrogen-bond acceptors (Lipinski definition) is 4. The van der Waals surface area contributed by atoms with E-state index in [0.29, 0.717) is 5.56 Å². The van der Waals surface area contributed by atoms with E-state index >= 15 is 0 Å². The first-order valence-corrected chi connectivity index (χ1v) is 6.86. The number of benzene rings is 1. The number of sulfonamides is 1. The number of carbonyl (C=O) groups is 1. The average Bonchev–Trinajstić information content (AvgIpc) is 2.25. The first-order chi connectivity index (χ1) is 7.99. The molecule has 0 saturated carbocycles. The maximum absolute atomic E-state index is 11.6. The molecule has 17 heavy (non-hydrogen) atoms. The number of carbonyl (C=O) groups excluding carboxylic acids is 1. The van der Waals surface area contributed by atoms with E-state index in [1.807, 2.05) is 6.07 Å². The first kappa shape index (κ1) is 13.7. The molecule has 0 amide bonds. The normalized spacial score (nSPS) is 11.3. The van der Waals surface area contributed by atoms with Crippen LogP contribution in [0.25, 0.3) is 0 Å². The van der Waals surface area contributed by atoms with Crippen LogP contribution in [0.1, 0.15) is 18.4 Å². The van der Waals surface area contributed by atoms with Gasteiger partial charge in [0, 0.05) is 12.5 Å². The van der Waals surface area contributed by atoms with Gasteiger partial charge in [-0.15, -0.1) is 0 Å². The number of rotatable bonds is 7. The number of carboxylic acids is 1. The molecular weight excluding hydrogens is 242 g/mol. The summed E-state index contributed by atoms with van der Waals surface area (Å²) in [4.78, 5) is 10.1. The molecule has 1 aromatic rings. The van der Waals surface area contributed by atoms with Crippen LogP contribution < -0.4 is 9.83 Å². The van der Waals surface area contributed by atoms with Crippen molar-refractivity contribution in [2.24, 2.45) is 0 Å². The molecule has 0 saturated heterocycles. The van der Waals surface area contributed by atoms with E-state index in [2.05, 4.69) is 4.72 Å². The lowest BCUT2D eigenvalue weighted by atomic mass is 10.2. The van der Waals surface area contributed by atoms with E-state index < -0.39 is 16.0 Å². The Morgan fingerprint density at radius 2 is 1.88 bits per heavy atom. The summed E-state index contributed by atoms with van der Waals surface area (Å²) in [5.41, 5.74) is 0.694. The van der Waals surface area contributed by atoms with Gasteiger partial charge in [0.15, 0.2) is 0 Å². The average molecular weight is 256 g/mol. The molecule has 0 fully saturated rings. The van der Waals surface area contributed by atoms with Crippen molar-refractivity contribution in [1.29, 1.82) is 0 Å². The molecular formula is C11H14NO4S-. The van der Waals surface area contributed by atoms with Crippen molar-refractivity contribution >= 4 is 16.0 Å². The molecule has 0 bridgehead atoms. The minimum atomic E-state index is -3.40. The van der Waals surface area contributed by atoms with Gasteiger partial charge < -0.3 is 9.90 Å². The molecule has 94 valence electrons. The number of hydrogen-bond donors (Lipinski definition) is 1. The highest BCUT2D eigenvalue weighted by Gasteiger charge is 2.09. The lowest BCUT2D eigenvalue weighted by Gasteiger charge is -2.07. The molecule has 6 heteroatoms. The van der Waals surface area contributed by atoms with Crippen LogP contribution in [0.3, 0.4) is 0 Å². The molecule has 0 spiro atoms. The summed E-state index contributed by atoms with van der Waals surface area (Å²) < 4.78 is 25.5. The van der Waals surface area contributed by atoms with E-state index in [-0.39, 0.29) is 25.1 Å². The van der Waals surface area contributed by atoms with E-state index in [9.17, 15) is 18.3 Å². The van der Waals surface area contributed by atoms with E-state index in [1.165, 1.54) is 0 Å². The van der Waals surface area contributed by atoms with Crippen LogP contribution in [-0.2, 0) is 20.6 Å². The summed E-state index contributed by atoms with van der Waals surface area (Å²) >= 11 is 0. The fraction of sp³-hybridized carbons (Fsp3) is 0.364. The van der Waals surface area contributed by atoms with Crippen molar-refractivity contribution in [2.75, 3.05) is 6.54 Å². The van der Waals surface area contributed by atoms with Crippen LogP contribution in [0.4, 0.5) is 0 Å². The molecule has 1 rings (SSSR count). The van der Waals surface area contributed by atoms with Crippen LogP contribution >= 0.6 is 0 Å². The van der Waals surface area contributed by atoms with Gasteiger partial charge in [-0.3, -0.25) is 0 Å². The Bertz CT molecular complexity index is 456. The van der Waals surface area contributed by atoms with Gasteiger partial charge in [-0.05, 0) is 18.4 Å².